The first-order valence-electron chi connectivity index (χ1n) is 10.9. The van der Waals surface area contributed by atoms with E-state index >= 15 is 0 Å². The van der Waals surface area contributed by atoms with Crippen molar-refractivity contribution in [2.45, 2.75) is 39.2 Å². The van der Waals surface area contributed by atoms with Crippen LogP contribution >= 0.6 is 0 Å². The maximum Gasteiger partial charge on any atom is 0.250 e. The Hall–Kier alpha value is -3.33. The molecule has 0 aliphatic carbocycles. The lowest BCUT2D eigenvalue weighted by Gasteiger charge is -2.44. The van der Waals surface area contributed by atoms with Crippen LogP contribution in [0.5, 0.6) is 0 Å². The maximum atomic E-state index is 12.8. The highest BCUT2D eigenvalue weighted by molar-refractivity contribution is 6.04. The molecule has 0 atom stereocenters. The molecule has 3 aromatic rings. The van der Waals surface area contributed by atoms with Crippen molar-refractivity contribution in [1.29, 1.82) is 0 Å². The first-order valence-corrected chi connectivity index (χ1v) is 10.9. The van der Waals surface area contributed by atoms with Crippen molar-refractivity contribution in [1.82, 2.24) is 25.1 Å². The molecule has 9 heteroatoms. The lowest BCUT2D eigenvalue weighted by atomic mass is 9.93. The minimum absolute atomic E-state index is 0.0632. The van der Waals surface area contributed by atoms with Crippen LogP contribution in [0.25, 0.3) is 22.6 Å². The first-order chi connectivity index (χ1) is 15.4. The molecule has 0 radical (unpaired) electrons. The Balaban J connectivity index is 1.52. The molecular weight excluding hydrogens is 406 g/mol. The van der Waals surface area contributed by atoms with Crippen LogP contribution in [0.2, 0.25) is 0 Å². The van der Waals surface area contributed by atoms with E-state index < -0.39 is 5.54 Å². The summed E-state index contributed by atoms with van der Waals surface area (Å²) in [5.41, 5.74) is 3.06. The van der Waals surface area contributed by atoms with Crippen molar-refractivity contribution in [2.75, 3.05) is 30.0 Å². The molecule has 0 spiro atoms. The topological polar surface area (TPSA) is 109 Å². The summed E-state index contributed by atoms with van der Waals surface area (Å²) in [4.78, 5) is 27.6. The molecule has 5 rings (SSSR count). The molecule has 9 nitrogen and oxygen atoms in total. The van der Waals surface area contributed by atoms with E-state index in [0.717, 1.165) is 66.6 Å². The van der Waals surface area contributed by atoms with Gasteiger partial charge in [-0.05, 0) is 51.2 Å². The average molecular weight is 434 g/mol. The quantitative estimate of drug-likeness (QED) is 0.650. The Kier molecular flexibility index (Phi) is 5.13. The fraction of sp³-hybridized carbons (Fsp3) is 0.435. The Bertz CT molecular complexity index is 1140. The third-order valence-corrected chi connectivity index (χ3v) is 6.45. The van der Waals surface area contributed by atoms with Gasteiger partial charge >= 0.3 is 0 Å². The summed E-state index contributed by atoms with van der Waals surface area (Å²) in [6, 6.07) is 6.08. The summed E-state index contributed by atoms with van der Waals surface area (Å²) >= 11 is 0. The molecule has 0 bridgehead atoms. The molecule has 2 N–H and O–H groups in total. The van der Waals surface area contributed by atoms with Gasteiger partial charge in [0.2, 0.25) is 0 Å². The summed E-state index contributed by atoms with van der Waals surface area (Å²) < 4.78 is 5.52. The molecule has 1 fully saturated rings. The highest BCUT2D eigenvalue weighted by Crippen LogP contribution is 2.37. The van der Waals surface area contributed by atoms with Gasteiger partial charge in [-0.2, -0.15) is 0 Å². The minimum atomic E-state index is -0.718. The predicted molar refractivity (Wildman–Crippen MR) is 121 cm³/mol. The second kappa shape index (κ2) is 7.98. The van der Waals surface area contributed by atoms with E-state index in [0.29, 0.717) is 11.7 Å². The molecule has 32 heavy (non-hydrogen) atoms. The summed E-state index contributed by atoms with van der Waals surface area (Å²) in [5, 5.41) is 10.9. The van der Waals surface area contributed by atoms with Crippen LogP contribution in [-0.2, 0) is 9.53 Å². The Morgan fingerprint density at radius 2 is 2.06 bits per heavy atom. The minimum Gasteiger partial charge on any atom is -0.381 e. The van der Waals surface area contributed by atoms with E-state index in [-0.39, 0.29) is 5.91 Å². The summed E-state index contributed by atoms with van der Waals surface area (Å²) in [7, 11) is 0. The third-order valence-electron chi connectivity index (χ3n) is 6.45. The molecule has 0 unspecified atom stereocenters. The van der Waals surface area contributed by atoms with Crippen LogP contribution in [0, 0.1) is 12.8 Å². The second-order valence-corrected chi connectivity index (χ2v) is 8.97. The van der Waals surface area contributed by atoms with Gasteiger partial charge in [0.05, 0.1) is 11.9 Å². The molecule has 4 heterocycles. The number of aromatic amines is 1. The number of H-pyrrole nitrogens is 1. The van der Waals surface area contributed by atoms with E-state index in [9.17, 15) is 4.79 Å². The fourth-order valence-electron chi connectivity index (χ4n) is 4.38. The van der Waals surface area contributed by atoms with Crippen molar-refractivity contribution in [3.8, 4) is 22.6 Å². The Morgan fingerprint density at radius 3 is 2.78 bits per heavy atom. The largest absolute Gasteiger partial charge is 0.381 e. The number of fused-ring (bicyclic) bond motifs is 1. The van der Waals surface area contributed by atoms with E-state index in [1.54, 1.807) is 12.5 Å². The number of rotatable bonds is 4. The van der Waals surface area contributed by atoms with E-state index in [1.807, 2.05) is 32.9 Å². The zero-order valence-corrected chi connectivity index (χ0v) is 18.6. The predicted octanol–water partition coefficient (Wildman–Crippen LogP) is 3.20. The van der Waals surface area contributed by atoms with Gasteiger partial charge < -0.3 is 19.9 Å². The van der Waals surface area contributed by atoms with Gasteiger partial charge in [0.1, 0.15) is 11.9 Å². The van der Waals surface area contributed by atoms with Crippen LogP contribution in [0.15, 0.2) is 30.7 Å². The van der Waals surface area contributed by atoms with Gasteiger partial charge in [0.15, 0.2) is 17.5 Å². The van der Waals surface area contributed by atoms with Gasteiger partial charge in [-0.1, -0.05) is 12.1 Å². The van der Waals surface area contributed by atoms with Crippen molar-refractivity contribution in [2.24, 2.45) is 5.92 Å². The number of aromatic nitrogens is 5. The van der Waals surface area contributed by atoms with Gasteiger partial charge in [-0.25, -0.2) is 9.97 Å². The second-order valence-electron chi connectivity index (χ2n) is 8.97. The number of anilines is 2. The maximum absolute atomic E-state index is 12.8. The van der Waals surface area contributed by atoms with Crippen molar-refractivity contribution >= 4 is 17.5 Å². The number of aryl methyl sites for hydroxylation is 1. The summed E-state index contributed by atoms with van der Waals surface area (Å²) in [5.74, 6) is 2.35. The van der Waals surface area contributed by atoms with Crippen molar-refractivity contribution < 1.29 is 9.53 Å². The zero-order chi connectivity index (χ0) is 22.3. The summed E-state index contributed by atoms with van der Waals surface area (Å²) in [6.45, 7) is 8.20. The lowest BCUT2D eigenvalue weighted by molar-refractivity contribution is -0.120. The molecule has 166 valence electrons. The monoisotopic (exact) mass is 433 g/mol. The number of amides is 1. The molecule has 2 aromatic heterocycles. The number of ether oxygens (including phenoxy) is 1. The molecular formula is C23H27N7O2. The normalized spacial score (nSPS) is 18.3. The molecule has 1 aromatic carbocycles. The zero-order valence-electron chi connectivity index (χ0n) is 18.6. The smallest absolute Gasteiger partial charge is 0.250 e. The number of benzene rings is 1. The van der Waals surface area contributed by atoms with E-state index in [2.05, 4.69) is 36.4 Å². The van der Waals surface area contributed by atoms with Gasteiger partial charge in [-0.3, -0.25) is 4.79 Å². The highest BCUT2D eigenvalue weighted by Gasteiger charge is 2.42. The fourth-order valence-corrected chi connectivity index (χ4v) is 4.38. The number of nitrogens with one attached hydrogen (secondary N) is 2. The standard InChI is InChI=1S/C23H27N7O2/c1-14-10-16(19-25-13-26-29-19)4-5-17(14)18-11-24-20-21(27-18)30(23(2,3)22(31)28-20)12-15-6-8-32-9-7-15/h4-5,10-11,13,15H,6-9,12H2,1-3H3,(H,24,28,31)(H,25,26,29). The van der Waals surface area contributed by atoms with Gasteiger partial charge in [0, 0.05) is 30.9 Å². The van der Waals surface area contributed by atoms with Crippen LogP contribution in [-0.4, -0.2) is 56.4 Å². The van der Waals surface area contributed by atoms with Gasteiger partial charge in [-0.15, -0.1) is 10.2 Å². The number of nitrogens with zero attached hydrogens (tertiary/aromatic N) is 5. The number of carbonyl (C=O) groups is 1. The van der Waals surface area contributed by atoms with Crippen LogP contribution in [0.3, 0.4) is 0 Å². The number of carbonyl (C=O) groups excluding carboxylic acids is 1. The lowest BCUT2D eigenvalue weighted by Crippen LogP contribution is -2.58. The number of hydrogen-bond donors (Lipinski definition) is 2. The third kappa shape index (κ3) is 3.62. The first kappa shape index (κ1) is 20.6. The molecule has 1 amide bonds. The van der Waals surface area contributed by atoms with Crippen LogP contribution in [0.4, 0.5) is 11.6 Å². The van der Waals surface area contributed by atoms with Crippen LogP contribution < -0.4 is 10.2 Å². The molecule has 2 aliphatic rings. The Morgan fingerprint density at radius 1 is 1.25 bits per heavy atom. The van der Waals surface area contributed by atoms with Crippen LogP contribution in [0.1, 0.15) is 32.3 Å². The highest BCUT2D eigenvalue weighted by atomic mass is 16.5. The van der Waals surface area contributed by atoms with Crippen molar-refractivity contribution in [3.63, 3.8) is 0 Å². The number of hydrogen-bond acceptors (Lipinski definition) is 7. The average Bonchev–Trinajstić information content (AvgIpc) is 3.33. The summed E-state index contributed by atoms with van der Waals surface area (Å²) in [6.07, 6.45) is 5.26. The van der Waals surface area contributed by atoms with Gasteiger partial charge in [0.25, 0.3) is 5.91 Å². The molecule has 0 saturated carbocycles. The Labute approximate surface area is 186 Å². The van der Waals surface area contributed by atoms with E-state index in [4.69, 9.17) is 9.72 Å². The van der Waals surface area contributed by atoms with Crippen molar-refractivity contribution in [3.05, 3.63) is 36.3 Å². The molecule has 1 saturated heterocycles. The van der Waals surface area contributed by atoms with E-state index in [1.165, 1.54) is 0 Å². The SMILES string of the molecule is Cc1cc(-c2nnc[nH]2)ccc1-c1cnc2c(n1)N(CC1CCOCC1)C(C)(C)C(=O)N2. The molecule has 2 aliphatic heterocycles.